The number of aliphatic hydroxyl groups excluding tert-OH is 1. The monoisotopic (exact) mass is 316 g/mol. The first-order valence-electron chi connectivity index (χ1n) is 5.47. The molecule has 21 heavy (non-hydrogen) atoms. The number of carbonyl (C=O) groups excluding carboxylic acids is 1. The normalized spacial score (nSPS) is 14.1. The molecule has 1 rings (SSSR count). The number of methoxy groups -OCH3 is 1. The van der Waals surface area contributed by atoms with Crippen molar-refractivity contribution in [2.24, 2.45) is 0 Å². The highest BCUT2D eigenvalue weighted by Crippen LogP contribution is 2.46. The van der Waals surface area contributed by atoms with Gasteiger partial charge in [0.25, 0.3) is 0 Å². The first-order valence-corrected chi connectivity index (χ1v) is 5.47. The minimum atomic E-state index is -5.50. The third-order valence-corrected chi connectivity index (χ3v) is 2.66. The summed E-state index contributed by atoms with van der Waals surface area (Å²) >= 11 is 0. The fraction of sp³-hybridized carbons (Fsp3) is 0.417. The van der Waals surface area contributed by atoms with Gasteiger partial charge in [-0.15, -0.1) is 0 Å². The van der Waals surface area contributed by atoms with Crippen molar-refractivity contribution in [3.63, 3.8) is 0 Å². The van der Waals surface area contributed by atoms with Crippen molar-refractivity contribution in [1.29, 1.82) is 0 Å². The highest BCUT2D eigenvalue weighted by Gasteiger charge is 2.57. The molecule has 0 radical (unpaired) electrons. The number of hydrogen-bond acceptors (Lipinski definition) is 3. The number of benzene rings is 1. The lowest BCUT2D eigenvalue weighted by Gasteiger charge is -2.23. The molecule has 0 fully saturated rings. The number of carbonyl (C=O) groups is 1. The Labute approximate surface area is 115 Å². The Morgan fingerprint density at radius 1 is 1.00 bits per heavy atom. The zero-order chi connectivity index (χ0) is 16.4. The minimum absolute atomic E-state index is 0.173. The van der Waals surface area contributed by atoms with Crippen molar-refractivity contribution in [2.75, 3.05) is 7.11 Å². The smallest absolute Gasteiger partial charge is 0.404 e. The van der Waals surface area contributed by atoms with E-state index in [1.54, 1.807) is 0 Å². The van der Waals surface area contributed by atoms with Gasteiger partial charge in [0.1, 0.15) is 0 Å². The molecule has 0 heterocycles. The van der Waals surface area contributed by atoms with Crippen LogP contribution in [0.4, 0.5) is 26.3 Å². The van der Waals surface area contributed by atoms with E-state index in [0.717, 1.165) is 19.2 Å². The molecule has 0 amide bonds. The number of aliphatic hydroxyl groups is 1. The highest BCUT2D eigenvalue weighted by molar-refractivity contribution is 5.76. The van der Waals surface area contributed by atoms with Crippen LogP contribution in [0.15, 0.2) is 24.3 Å². The molecule has 1 unspecified atom stereocenters. The Balaban J connectivity index is 3.13. The van der Waals surface area contributed by atoms with Crippen LogP contribution in [0.3, 0.4) is 0 Å². The van der Waals surface area contributed by atoms with Crippen LogP contribution in [0.5, 0.6) is 0 Å². The minimum Gasteiger partial charge on any atom is -0.467 e. The van der Waals surface area contributed by atoms with Gasteiger partial charge in [-0.25, -0.2) is 4.79 Å². The highest BCUT2D eigenvalue weighted by atomic mass is 19.4. The van der Waals surface area contributed by atoms with E-state index in [-0.39, 0.29) is 5.56 Å². The predicted molar refractivity (Wildman–Crippen MR) is 58.3 cm³/mol. The molecule has 0 aliphatic carbocycles. The molecule has 0 aliphatic rings. The van der Waals surface area contributed by atoms with Gasteiger partial charge in [0.05, 0.1) is 7.11 Å². The quantitative estimate of drug-likeness (QED) is 0.688. The SMILES string of the molecule is COC(=O)C(O)c1ccc(C(C(F)(F)F)C(F)(F)F)cc1. The summed E-state index contributed by atoms with van der Waals surface area (Å²) in [6, 6.07) is 2.74. The first kappa shape index (κ1) is 17.3. The van der Waals surface area contributed by atoms with E-state index in [0.29, 0.717) is 12.1 Å². The van der Waals surface area contributed by atoms with Crippen molar-refractivity contribution in [3.05, 3.63) is 35.4 Å². The summed E-state index contributed by atoms with van der Waals surface area (Å²) in [6.45, 7) is 0. The van der Waals surface area contributed by atoms with Gasteiger partial charge in [-0.2, -0.15) is 26.3 Å². The molecular weight excluding hydrogens is 306 g/mol. The zero-order valence-corrected chi connectivity index (χ0v) is 10.5. The lowest BCUT2D eigenvalue weighted by molar-refractivity contribution is -0.253. The molecule has 1 aromatic rings. The molecular formula is C12H10F6O3. The van der Waals surface area contributed by atoms with Gasteiger partial charge in [-0.05, 0) is 11.1 Å². The van der Waals surface area contributed by atoms with Gasteiger partial charge in [0.2, 0.25) is 0 Å². The Kier molecular flexibility index (Phi) is 4.87. The summed E-state index contributed by atoms with van der Waals surface area (Å²) in [6.07, 6.45) is -12.8. The van der Waals surface area contributed by atoms with Gasteiger partial charge < -0.3 is 9.84 Å². The van der Waals surface area contributed by atoms with Crippen LogP contribution < -0.4 is 0 Å². The van der Waals surface area contributed by atoms with E-state index in [4.69, 9.17) is 0 Å². The number of hydrogen-bond donors (Lipinski definition) is 1. The summed E-state index contributed by atoms with van der Waals surface area (Å²) in [4.78, 5) is 11.0. The number of ether oxygens (including phenoxy) is 1. The van der Waals surface area contributed by atoms with E-state index in [1.165, 1.54) is 0 Å². The molecule has 0 aromatic heterocycles. The molecule has 9 heteroatoms. The van der Waals surface area contributed by atoms with Crippen LogP contribution in [-0.4, -0.2) is 30.5 Å². The average Bonchev–Trinajstić information content (AvgIpc) is 2.34. The van der Waals surface area contributed by atoms with E-state index >= 15 is 0 Å². The van der Waals surface area contributed by atoms with Crippen molar-refractivity contribution in [2.45, 2.75) is 24.4 Å². The largest absolute Gasteiger partial charge is 0.467 e. The van der Waals surface area contributed by atoms with Crippen molar-refractivity contribution < 1.29 is 41.0 Å². The molecule has 0 saturated heterocycles. The fourth-order valence-electron chi connectivity index (χ4n) is 1.68. The second kappa shape index (κ2) is 5.92. The maximum atomic E-state index is 12.5. The summed E-state index contributed by atoms with van der Waals surface area (Å²) in [7, 11) is 0.975. The Bertz CT molecular complexity index is 477. The van der Waals surface area contributed by atoms with Gasteiger partial charge in [0.15, 0.2) is 12.0 Å². The van der Waals surface area contributed by atoms with Crippen LogP contribution in [-0.2, 0) is 9.53 Å². The third kappa shape index (κ3) is 4.10. The van der Waals surface area contributed by atoms with Crippen LogP contribution in [0, 0.1) is 0 Å². The lowest BCUT2D eigenvalue weighted by atomic mass is 9.96. The molecule has 3 nitrogen and oxygen atoms in total. The molecule has 1 N–H and O–H groups in total. The van der Waals surface area contributed by atoms with Crippen molar-refractivity contribution in [3.8, 4) is 0 Å². The Morgan fingerprint density at radius 3 is 1.71 bits per heavy atom. The van der Waals surface area contributed by atoms with Crippen molar-refractivity contribution >= 4 is 5.97 Å². The van der Waals surface area contributed by atoms with Gasteiger partial charge in [0, 0.05) is 0 Å². The molecule has 0 aliphatic heterocycles. The zero-order valence-electron chi connectivity index (χ0n) is 10.5. The van der Waals surface area contributed by atoms with E-state index in [1.807, 2.05) is 0 Å². The van der Waals surface area contributed by atoms with E-state index < -0.39 is 35.9 Å². The average molecular weight is 316 g/mol. The van der Waals surface area contributed by atoms with Gasteiger partial charge in [-0.1, -0.05) is 24.3 Å². The van der Waals surface area contributed by atoms with Crippen LogP contribution in [0.1, 0.15) is 23.1 Å². The fourth-order valence-corrected chi connectivity index (χ4v) is 1.68. The summed E-state index contributed by atoms with van der Waals surface area (Å²) in [5.74, 6) is -4.71. The maximum Gasteiger partial charge on any atom is 0.404 e. The number of halogens is 6. The topological polar surface area (TPSA) is 46.5 Å². The maximum absolute atomic E-state index is 12.5. The number of esters is 1. The summed E-state index contributed by atoms with van der Waals surface area (Å²) < 4.78 is 79.2. The van der Waals surface area contributed by atoms with Crippen LogP contribution >= 0.6 is 0 Å². The molecule has 0 bridgehead atoms. The molecule has 0 saturated carbocycles. The second-order valence-electron chi connectivity index (χ2n) is 4.11. The summed E-state index contributed by atoms with van der Waals surface area (Å²) in [5, 5.41) is 9.42. The first-order chi connectivity index (χ1) is 9.48. The Hall–Kier alpha value is -1.77. The number of alkyl halides is 6. The van der Waals surface area contributed by atoms with Gasteiger partial charge in [-0.3, -0.25) is 0 Å². The molecule has 1 aromatic carbocycles. The Morgan fingerprint density at radius 2 is 1.38 bits per heavy atom. The third-order valence-electron chi connectivity index (χ3n) is 2.66. The standard InChI is InChI=1S/C12H10F6O3/c1-21-10(20)8(19)6-2-4-7(5-3-6)9(11(13,14)15)12(16,17)18/h2-5,8-9,19H,1H3. The second-order valence-corrected chi connectivity index (χ2v) is 4.11. The van der Waals surface area contributed by atoms with Crippen LogP contribution in [0.25, 0.3) is 0 Å². The van der Waals surface area contributed by atoms with E-state index in [9.17, 15) is 36.2 Å². The lowest BCUT2D eigenvalue weighted by Crippen LogP contribution is -2.34. The predicted octanol–water partition coefficient (Wildman–Crippen LogP) is 3.10. The van der Waals surface area contributed by atoms with Crippen molar-refractivity contribution in [1.82, 2.24) is 0 Å². The van der Waals surface area contributed by atoms with E-state index in [2.05, 4.69) is 4.74 Å². The molecule has 1 atom stereocenters. The van der Waals surface area contributed by atoms with Crippen LogP contribution in [0.2, 0.25) is 0 Å². The molecule has 118 valence electrons. The van der Waals surface area contributed by atoms with Gasteiger partial charge >= 0.3 is 18.3 Å². The summed E-state index contributed by atoms with van der Waals surface area (Å²) in [5.41, 5.74) is -1.20. The molecule has 0 spiro atoms. The number of rotatable bonds is 3.